The van der Waals surface area contributed by atoms with Gasteiger partial charge in [0.05, 0.1) is 6.04 Å². The van der Waals surface area contributed by atoms with Crippen LogP contribution in [0.25, 0.3) is 0 Å². The van der Waals surface area contributed by atoms with E-state index in [1.54, 1.807) is 18.3 Å². The fraction of sp³-hybridized carbons (Fsp3) is 0.400. The molecule has 0 bridgehead atoms. The molecule has 1 aromatic heterocycles. The number of halogens is 2. The summed E-state index contributed by atoms with van der Waals surface area (Å²) in [5, 5.41) is 3.84. The molecule has 1 aromatic carbocycles. The Bertz CT molecular complexity index is 568. The summed E-state index contributed by atoms with van der Waals surface area (Å²) in [6.07, 6.45) is 5.22. The third-order valence-corrected chi connectivity index (χ3v) is 3.49. The van der Waals surface area contributed by atoms with Gasteiger partial charge in [0.15, 0.2) is 0 Å². The van der Waals surface area contributed by atoms with Gasteiger partial charge in [0.1, 0.15) is 11.6 Å². The third kappa shape index (κ3) is 3.58. The van der Waals surface area contributed by atoms with Crippen molar-refractivity contribution in [2.75, 3.05) is 6.54 Å². The molecule has 1 atom stereocenters. The Morgan fingerprint density at radius 1 is 1.45 bits per heavy atom. The van der Waals surface area contributed by atoms with Gasteiger partial charge in [-0.15, -0.1) is 0 Å². The first-order chi connectivity index (χ1) is 9.61. The maximum atomic E-state index is 13.9. The Hall–Kier alpha value is -1.39. The molecule has 2 rings (SSSR count). The first-order valence-electron chi connectivity index (χ1n) is 6.76. The van der Waals surface area contributed by atoms with E-state index >= 15 is 0 Å². The molecule has 0 amide bonds. The molecule has 0 saturated heterocycles. The normalized spacial score (nSPS) is 12.6. The van der Waals surface area contributed by atoms with Gasteiger partial charge in [0.2, 0.25) is 0 Å². The number of nitrogens with zero attached hydrogens (tertiary/aromatic N) is 2. The predicted molar refractivity (Wildman–Crippen MR) is 79.4 cm³/mol. The maximum Gasteiger partial charge on any atom is 0.127 e. The van der Waals surface area contributed by atoms with Crippen molar-refractivity contribution < 1.29 is 4.39 Å². The lowest BCUT2D eigenvalue weighted by Crippen LogP contribution is -2.27. The molecule has 3 nitrogen and oxygen atoms in total. The minimum absolute atomic E-state index is 0.00868. The van der Waals surface area contributed by atoms with E-state index in [0.29, 0.717) is 17.0 Å². The van der Waals surface area contributed by atoms with Crippen molar-refractivity contribution in [1.82, 2.24) is 14.9 Å². The molecule has 0 aliphatic carbocycles. The van der Waals surface area contributed by atoms with Crippen molar-refractivity contribution in [3.8, 4) is 0 Å². The lowest BCUT2D eigenvalue weighted by Gasteiger charge is -2.19. The topological polar surface area (TPSA) is 29.9 Å². The van der Waals surface area contributed by atoms with Crippen LogP contribution in [0.1, 0.15) is 30.8 Å². The second-order valence-corrected chi connectivity index (χ2v) is 5.28. The van der Waals surface area contributed by atoms with E-state index in [1.165, 1.54) is 6.07 Å². The second-order valence-electron chi connectivity index (χ2n) is 4.84. The van der Waals surface area contributed by atoms with Crippen LogP contribution in [-0.4, -0.2) is 16.1 Å². The zero-order valence-corrected chi connectivity index (χ0v) is 12.5. The van der Waals surface area contributed by atoms with Crippen LogP contribution < -0.4 is 5.32 Å². The van der Waals surface area contributed by atoms with Gasteiger partial charge in [-0.1, -0.05) is 24.6 Å². The van der Waals surface area contributed by atoms with Gasteiger partial charge < -0.3 is 9.88 Å². The number of imidazole rings is 1. The van der Waals surface area contributed by atoms with Crippen molar-refractivity contribution in [3.05, 3.63) is 52.8 Å². The highest BCUT2D eigenvalue weighted by atomic mass is 35.5. The van der Waals surface area contributed by atoms with Crippen LogP contribution >= 0.6 is 11.6 Å². The molecule has 0 aliphatic rings. The smallest absolute Gasteiger partial charge is 0.127 e. The molecular weight excluding hydrogens is 277 g/mol. The molecule has 0 saturated carbocycles. The first-order valence-corrected chi connectivity index (χ1v) is 7.14. The average Bonchev–Trinajstić information content (AvgIpc) is 2.83. The summed E-state index contributed by atoms with van der Waals surface area (Å²) < 4.78 is 15.9. The highest BCUT2D eigenvalue weighted by molar-refractivity contribution is 6.30. The van der Waals surface area contributed by atoms with Crippen molar-refractivity contribution in [2.24, 2.45) is 7.05 Å². The quantitative estimate of drug-likeness (QED) is 0.884. The first kappa shape index (κ1) is 15.0. The van der Waals surface area contributed by atoms with E-state index in [4.69, 9.17) is 11.6 Å². The van der Waals surface area contributed by atoms with Crippen LogP contribution in [-0.2, 0) is 13.5 Å². The molecule has 0 aliphatic heterocycles. The minimum atomic E-state index is -0.269. The Balaban J connectivity index is 2.21. The van der Waals surface area contributed by atoms with Crippen LogP contribution in [0.5, 0.6) is 0 Å². The van der Waals surface area contributed by atoms with Gasteiger partial charge in [-0.3, -0.25) is 0 Å². The Labute approximate surface area is 123 Å². The predicted octanol–water partition coefficient (Wildman–Crippen LogP) is 3.50. The van der Waals surface area contributed by atoms with Crippen LogP contribution in [0, 0.1) is 5.82 Å². The fourth-order valence-corrected chi connectivity index (χ4v) is 2.35. The number of hydrogen-bond acceptors (Lipinski definition) is 2. The summed E-state index contributed by atoms with van der Waals surface area (Å²) in [4.78, 5) is 4.36. The van der Waals surface area contributed by atoms with Gasteiger partial charge in [0.25, 0.3) is 0 Å². The monoisotopic (exact) mass is 295 g/mol. The highest BCUT2D eigenvalue weighted by Crippen LogP contribution is 2.21. The second kappa shape index (κ2) is 6.86. The molecular formula is C15H19ClFN3. The highest BCUT2D eigenvalue weighted by Gasteiger charge is 2.17. The van der Waals surface area contributed by atoms with E-state index in [1.807, 2.05) is 17.8 Å². The van der Waals surface area contributed by atoms with Crippen molar-refractivity contribution >= 4 is 11.6 Å². The zero-order chi connectivity index (χ0) is 14.5. The molecule has 1 heterocycles. The van der Waals surface area contributed by atoms with Crippen molar-refractivity contribution in [1.29, 1.82) is 0 Å². The number of aryl methyl sites for hydroxylation is 1. The summed E-state index contributed by atoms with van der Waals surface area (Å²) in [7, 11) is 1.95. The number of nitrogens with one attached hydrogen (secondary N) is 1. The molecule has 20 heavy (non-hydrogen) atoms. The summed E-state index contributed by atoms with van der Waals surface area (Å²) in [5.74, 6) is 0.641. The fourth-order valence-electron chi connectivity index (χ4n) is 2.19. The lowest BCUT2D eigenvalue weighted by molar-refractivity contribution is 0.481. The standard InChI is InChI=1S/C15H19ClFN3/c1-3-6-18-14(15-19-7-8-20(15)2)9-11-4-5-12(16)10-13(11)17/h4-5,7-8,10,14,18H,3,6,9H2,1-2H3. The average molecular weight is 296 g/mol. The number of hydrogen-bond donors (Lipinski definition) is 1. The molecule has 5 heteroatoms. The Morgan fingerprint density at radius 3 is 2.85 bits per heavy atom. The molecule has 1 N–H and O–H groups in total. The molecule has 2 aromatic rings. The van der Waals surface area contributed by atoms with Crippen LogP contribution in [0.2, 0.25) is 5.02 Å². The van der Waals surface area contributed by atoms with Gasteiger partial charge >= 0.3 is 0 Å². The molecule has 108 valence electrons. The number of aromatic nitrogens is 2. The van der Waals surface area contributed by atoms with Gasteiger partial charge in [-0.25, -0.2) is 9.37 Å². The SMILES string of the molecule is CCCNC(Cc1ccc(Cl)cc1F)c1nccn1C. The third-order valence-electron chi connectivity index (χ3n) is 3.25. The Morgan fingerprint density at radius 2 is 2.25 bits per heavy atom. The molecule has 0 radical (unpaired) electrons. The Kier molecular flexibility index (Phi) is 5.15. The van der Waals surface area contributed by atoms with Crippen LogP contribution in [0.3, 0.4) is 0 Å². The summed E-state index contributed by atoms with van der Waals surface area (Å²) in [5.41, 5.74) is 0.644. The van der Waals surface area contributed by atoms with Crippen molar-refractivity contribution in [3.63, 3.8) is 0 Å². The van der Waals surface area contributed by atoms with Gasteiger partial charge in [0, 0.05) is 24.5 Å². The van der Waals surface area contributed by atoms with E-state index in [9.17, 15) is 4.39 Å². The molecule has 0 fully saturated rings. The van der Waals surface area contributed by atoms with E-state index < -0.39 is 0 Å². The lowest BCUT2D eigenvalue weighted by atomic mass is 10.0. The van der Waals surface area contributed by atoms with Crippen molar-refractivity contribution in [2.45, 2.75) is 25.8 Å². The minimum Gasteiger partial charge on any atom is -0.337 e. The maximum absolute atomic E-state index is 13.9. The molecule has 1 unspecified atom stereocenters. The van der Waals surface area contributed by atoms with E-state index in [0.717, 1.165) is 18.8 Å². The van der Waals surface area contributed by atoms with Crippen LogP contribution in [0.4, 0.5) is 4.39 Å². The van der Waals surface area contributed by atoms with Gasteiger partial charge in [-0.2, -0.15) is 0 Å². The zero-order valence-electron chi connectivity index (χ0n) is 11.7. The number of rotatable bonds is 6. The van der Waals surface area contributed by atoms with Crippen LogP contribution in [0.15, 0.2) is 30.6 Å². The van der Waals surface area contributed by atoms with Gasteiger partial charge in [-0.05, 0) is 37.1 Å². The largest absolute Gasteiger partial charge is 0.337 e. The number of benzene rings is 1. The summed E-state index contributed by atoms with van der Waals surface area (Å²) in [6, 6.07) is 4.80. The summed E-state index contributed by atoms with van der Waals surface area (Å²) in [6.45, 7) is 2.97. The van der Waals surface area contributed by atoms with E-state index in [2.05, 4.69) is 17.2 Å². The molecule has 0 spiro atoms. The summed E-state index contributed by atoms with van der Waals surface area (Å²) >= 11 is 5.79. The van der Waals surface area contributed by atoms with E-state index in [-0.39, 0.29) is 11.9 Å².